The van der Waals surface area contributed by atoms with Gasteiger partial charge in [0.1, 0.15) is 0 Å². The van der Waals surface area contributed by atoms with Gasteiger partial charge in [0.2, 0.25) is 11.8 Å². The smallest absolute Gasteiger partial charge is 0.252 e. The van der Waals surface area contributed by atoms with Crippen LogP contribution >= 0.6 is 0 Å². The Hall–Kier alpha value is -3.35. The van der Waals surface area contributed by atoms with E-state index in [9.17, 15) is 4.79 Å². The van der Waals surface area contributed by atoms with Gasteiger partial charge in [0, 0.05) is 16.8 Å². The maximum Gasteiger partial charge on any atom is 0.252 e. The lowest BCUT2D eigenvalue weighted by atomic mass is 10.1. The number of benzene rings is 1. The van der Waals surface area contributed by atoms with Gasteiger partial charge in [-0.25, -0.2) is 0 Å². The number of nitrogens with one attached hydrogen (secondary N) is 1. The zero-order valence-corrected chi connectivity index (χ0v) is 12.9. The summed E-state index contributed by atoms with van der Waals surface area (Å²) in [6, 6.07) is 9.42. The van der Waals surface area contributed by atoms with Crippen molar-refractivity contribution in [3.63, 3.8) is 0 Å². The lowest BCUT2D eigenvalue weighted by molar-refractivity contribution is 0.464. The normalized spacial score (nSPS) is 12.2. The number of aromatic amines is 1. The van der Waals surface area contributed by atoms with Crippen LogP contribution in [0.15, 0.2) is 63.6 Å². The number of para-hydroxylation sites is 1. The summed E-state index contributed by atoms with van der Waals surface area (Å²) >= 11 is 0. The van der Waals surface area contributed by atoms with Gasteiger partial charge in [-0.1, -0.05) is 18.2 Å². The Balaban J connectivity index is 1.80. The second kappa shape index (κ2) is 6.82. The third-order valence-electron chi connectivity index (χ3n) is 3.46. The zero-order valence-electron chi connectivity index (χ0n) is 12.9. The van der Waals surface area contributed by atoms with Gasteiger partial charge in [-0.05, 0) is 35.9 Å². The fourth-order valence-electron chi connectivity index (χ4n) is 2.33. The third kappa shape index (κ3) is 3.52. The van der Waals surface area contributed by atoms with Gasteiger partial charge in [-0.3, -0.25) is 4.79 Å². The molecule has 0 bridgehead atoms. The minimum Gasteiger partial charge on any atom is -0.425 e. The minimum absolute atomic E-state index is 0.166. The van der Waals surface area contributed by atoms with Crippen LogP contribution in [0.2, 0.25) is 0 Å². The minimum atomic E-state index is -0.166. The Bertz CT molecular complexity index is 968. The number of rotatable bonds is 5. The molecule has 0 saturated heterocycles. The molecule has 5 N–H and O–H groups in total. The molecule has 0 saturated carbocycles. The van der Waals surface area contributed by atoms with Gasteiger partial charge >= 0.3 is 0 Å². The summed E-state index contributed by atoms with van der Waals surface area (Å²) in [5, 5.41) is 8.87. The Labute approximate surface area is 137 Å². The number of hydrogen-bond donors (Lipinski definition) is 3. The highest BCUT2D eigenvalue weighted by Crippen LogP contribution is 2.13. The van der Waals surface area contributed by atoms with Gasteiger partial charge in [0.15, 0.2) is 0 Å². The van der Waals surface area contributed by atoms with Crippen LogP contribution in [0.1, 0.15) is 17.3 Å². The molecule has 0 radical (unpaired) electrons. The molecule has 0 unspecified atom stereocenters. The van der Waals surface area contributed by atoms with Crippen LogP contribution in [-0.4, -0.2) is 15.2 Å². The Morgan fingerprint density at radius 2 is 2.04 bits per heavy atom. The monoisotopic (exact) mass is 323 g/mol. The molecule has 0 aliphatic carbocycles. The Morgan fingerprint density at radius 3 is 2.88 bits per heavy atom. The van der Waals surface area contributed by atoms with Crippen molar-refractivity contribution in [2.75, 3.05) is 0 Å². The number of hydrogen-bond acceptors (Lipinski definition) is 6. The topological polar surface area (TPSA) is 124 Å². The van der Waals surface area contributed by atoms with E-state index in [0.717, 1.165) is 10.9 Å². The molecular formula is C17H17N5O2. The van der Waals surface area contributed by atoms with Gasteiger partial charge in [0.05, 0.1) is 12.8 Å². The van der Waals surface area contributed by atoms with Gasteiger partial charge in [-0.2, -0.15) is 0 Å². The number of H-pyrrole nitrogens is 1. The number of pyridine rings is 1. The van der Waals surface area contributed by atoms with Crippen molar-refractivity contribution in [2.45, 2.75) is 12.8 Å². The quantitative estimate of drug-likeness (QED) is 0.609. The first kappa shape index (κ1) is 15.5. The fraction of sp³-hybridized carbons (Fsp3) is 0.118. The van der Waals surface area contributed by atoms with Crippen molar-refractivity contribution in [1.82, 2.24) is 15.2 Å². The zero-order chi connectivity index (χ0) is 16.9. The third-order valence-corrected chi connectivity index (χ3v) is 3.46. The average Bonchev–Trinajstić information content (AvgIpc) is 3.00. The van der Waals surface area contributed by atoms with E-state index >= 15 is 0 Å². The number of fused-ring (bicyclic) bond motifs is 1. The van der Waals surface area contributed by atoms with Crippen LogP contribution in [0.25, 0.3) is 10.9 Å². The first-order valence-electron chi connectivity index (χ1n) is 7.41. The van der Waals surface area contributed by atoms with Gasteiger partial charge in [0.25, 0.3) is 5.56 Å². The summed E-state index contributed by atoms with van der Waals surface area (Å²) in [6.07, 6.45) is 5.27. The molecule has 0 aliphatic heterocycles. The summed E-state index contributed by atoms with van der Waals surface area (Å²) in [5.74, 6) is 0.759. The first-order chi connectivity index (χ1) is 11.7. The molecule has 2 heterocycles. The summed E-state index contributed by atoms with van der Waals surface area (Å²) in [6.45, 7) is 0. The highest BCUT2D eigenvalue weighted by atomic mass is 16.4. The number of nitrogens with zero attached hydrogens (tertiary/aromatic N) is 2. The van der Waals surface area contributed by atoms with Crippen LogP contribution < -0.4 is 17.0 Å². The maximum atomic E-state index is 12.1. The molecule has 3 rings (SSSR count). The Morgan fingerprint density at radius 1 is 1.25 bits per heavy atom. The van der Waals surface area contributed by atoms with E-state index < -0.39 is 0 Å². The lowest BCUT2D eigenvalue weighted by Gasteiger charge is -2.00. The van der Waals surface area contributed by atoms with E-state index in [0.29, 0.717) is 29.5 Å². The van der Waals surface area contributed by atoms with Crippen LogP contribution in [-0.2, 0) is 12.8 Å². The van der Waals surface area contributed by atoms with E-state index in [-0.39, 0.29) is 12.0 Å². The van der Waals surface area contributed by atoms with Gasteiger partial charge in [-0.15, -0.1) is 10.2 Å². The highest BCUT2D eigenvalue weighted by Gasteiger charge is 2.11. The molecule has 0 spiro atoms. The molecule has 7 nitrogen and oxygen atoms in total. The van der Waals surface area contributed by atoms with Crippen molar-refractivity contribution in [3.8, 4) is 0 Å². The van der Waals surface area contributed by atoms with Crippen molar-refractivity contribution >= 4 is 10.9 Å². The molecule has 3 aromatic rings. The number of aromatic nitrogens is 3. The maximum absolute atomic E-state index is 12.1. The van der Waals surface area contributed by atoms with Crippen LogP contribution in [0, 0.1) is 0 Å². The van der Waals surface area contributed by atoms with E-state index in [2.05, 4.69) is 15.2 Å². The second-order valence-electron chi connectivity index (χ2n) is 5.28. The van der Waals surface area contributed by atoms with E-state index in [1.165, 1.54) is 6.20 Å². The highest BCUT2D eigenvalue weighted by molar-refractivity contribution is 5.78. The fourth-order valence-corrected chi connectivity index (χ4v) is 2.33. The Kier molecular flexibility index (Phi) is 4.42. The molecule has 7 heteroatoms. The molecule has 0 aliphatic rings. The van der Waals surface area contributed by atoms with E-state index in [1.54, 1.807) is 12.2 Å². The van der Waals surface area contributed by atoms with Gasteiger partial charge < -0.3 is 20.9 Å². The van der Waals surface area contributed by atoms with Crippen LogP contribution in [0.3, 0.4) is 0 Å². The standard InChI is InChI=1S/C17H17N5O2/c18-7-3-5-13(19)10-16-22-21-15(24-16)9-12-8-11-4-1-2-6-14(11)20-17(12)23/h1-8H,9-10,18-19H2,(H,20,23)/b7-3-,13-5-. The van der Waals surface area contributed by atoms with Crippen LogP contribution in [0.5, 0.6) is 0 Å². The molecule has 122 valence electrons. The lowest BCUT2D eigenvalue weighted by Crippen LogP contribution is -2.12. The SMILES string of the molecule is N/C=C\C=C(/N)Cc1nnc(Cc2cc3ccccc3[nH]c2=O)o1. The van der Waals surface area contributed by atoms with Crippen molar-refractivity contribution < 1.29 is 4.42 Å². The summed E-state index contributed by atoms with van der Waals surface area (Å²) in [4.78, 5) is 15.0. The second-order valence-corrected chi connectivity index (χ2v) is 5.28. The van der Waals surface area contributed by atoms with E-state index in [4.69, 9.17) is 15.9 Å². The summed E-state index contributed by atoms with van der Waals surface area (Å²) < 4.78 is 5.55. The van der Waals surface area contributed by atoms with E-state index in [1.807, 2.05) is 30.3 Å². The summed E-state index contributed by atoms with van der Waals surface area (Å²) in [5.41, 5.74) is 12.8. The number of allylic oxidation sites excluding steroid dienone is 3. The molecule has 0 fully saturated rings. The van der Waals surface area contributed by atoms with Crippen molar-refractivity contribution in [3.05, 3.63) is 82.1 Å². The molecule has 0 amide bonds. The molecule has 1 aromatic carbocycles. The number of nitrogens with two attached hydrogens (primary N) is 2. The predicted octanol–water partition coefficient (Wildman–Crippen LogP) is 1.36. The first-order valence-corrected chi connectivity index (χ1v) is 7.41. The molecular weight excluding hydrogens is 306 g/mol. The molecule has 2 aromatic heterocycles. The average molecular weight is 323 g/mol. The van der Waals surface area contributed by atoms with Crippen LogP contribution in [0.4, 0.5) is 0 Å². The largest absolute Gasteiger partial charge is 0.425 e. The molecule has 24 heavy (non-hydrogen) atoms. The van der Waals surface area contributed by atoms with Crippen molar-refractivity contribution in [2.24, 2.45) is 11.5 Å². The van der Waals surface area contributed by atoms with Crippen molar-refractivity contribution in [1.29, 1.82) is 0 Å². The summed E-state index contributed by atoms with van der Waals surface area (Å²) in [7, 11) is 0. The predicted molar refractivity (Wildman–Crippen MR) is 91.0 cm³/mol. The molecule has 0 atom stereocenters.